The Morgan fingerprint density at radius 2 is 1.74 bits per heavy atom. The van der Waals surface area contributed by atoms with Gasteiger partial charge in [-0.15, -0.1) is 11.3 Å². The topological polar surface area (TPSA) is 70.4 Å². The number of aromatic nitrogens is 4. The normalized spacial score (nSPS) is 25.7. The first-order valence-corrected chi connectivity index (χ1v) is 13.6. The van der Waals surface area contributed by atoms with Crippen molar-refractivity contribution in [1.82, 2.24) is 34.4 Å². The molecular weight excluding hydrogens is 472 g/mol. The van der Waals surface area contributed by atoms with Crippen LogP contribution in [-0.2, 0) is 6.54 Å². The molecule has 2 saturated carbocycles. The first-order valence-electron chi connectivity index (χ1n) is 12.8. The molecule has 11 heteroatoms. The van der Waals surface area contributed by atoms with Gasteiger partial charge in [-0.1, -0.05) is 0 Å². The molecule has 3 saturated heterocycles. The summed E-state index contributed by atoms with van der Waals surface area (Å²) >= 11 is 1.11. The van der Waals surface area contributed by atoms with E-state index >= 15 is 0 Å². The van der Waals surface area contributed by atoms with Crippen molar-refractivity contribution in [3.63, 3.8) is 0 Å². The third-order valence-corrected chi connectivity index (χ3v) is 9.88. The lowest BCUT2D eigenvalue weighted by molar-refractivity contribution is -0.0910. The first-order chi connectivity index (χ1) is 16.9. The van der Waals surface area contributed by atoms with Crippen LogP contribution in [0.4, 0.5) is 13.6 Å². The van der Waals surface area contributed by atoms with Crippen molar-refractivity contribution < 1.29 is 13.6 Å². The number of hydrogen-bond acceptors (Lipinski definition) is 6. The monoisotopic (exact) mass is 503 g/mol. The van der Waals surface area contributed by atoms with Gasteiger partial charge in [0.15, 0.2) is 5.82 Å². The average molecular weight is 504 g/mol. The van der Waals surface area contributed by atoms with Crippen molar-refractivity contribution in [1.29, 1.82) is 0 Å². The van der Waals surface area contributed by atoms with Crippen LogP contribution in [0.15, 0.2) is 12.5 Å². The fourth-order valence-electron chi connectivity index (χ4n) is 6.57. The quantitative estimate of drug-likeness (QED) is 0.619. The molecule has 8 nitrogen and oxygen atoms in total. The van der Waals surface area contributed by atoms with Gasteiger partial charge in [-0.05, 0) is 51.6 Å². The molecule has 188 valence electrons. The molecule has 5 heterocycles. The minimum absolute atomic E-state index is 0.0490. The number of carbonyl (C=O) groups is 1. The molecule has 5 fully saturated rings. The molecule has 0 bridgehead atoms. The number of thiazole rings is 1. The molecule has 5 aliphatic rings. The SMILES string of the molecule is O=C(N1CC2(CCN(Cc3ncc(C(F)F)s3)CC2)C1)N1CC2(CC(n3cnc(C4CC4)n3)C2)C1. The number of rotatable bonds is 5. The van der Waals surface area contributed by atoms with E-state index in [0.717, 1.165) is 87.1 Å². The lowest BCUT2D eigenvalue weighted by Crippen LogP contribution is -2.70. The second-order valence-corrected chi connectivity index (χ2v) is 12.8. The number of urea groups is 1. The van der Waals surface area contributed by atoms with Crippen LogP contribution < -0.4 is 0 Å². The molecule has 2 aromatic heterocycles. The highest BCUT2D eigenvalue weighted by Gasteiger charge is 2.57. The highest BCUT2D eigenvalue weighted by atomic mass is 32.1. The van der Waals surface area contributed by atoms with E-state index in [4.69, 9.17) is 0 Å². The fraction of sp³-hybridized carbons (Fsp3) is 0.750. The number of amides is 2. The third-order valence-electron chi connectivity index (χ3n) is 8.89. The van der Waals surface area contributed by atoms with Crippen molar-refractivity contribution in [2.24, 2.45) is 10.8 Å². The molecule has 2 spiro atoms. The molecule has 3 aliphatic heterocycles. The standard InChI is InChI=1S/C24H31F2N7OS/c25-20(26)18-9-27-19(35-18)10-30-5-3-23(4-6-30)11-31(12-23)22(34)32-13-24(14-32)7-17(8-24)33-15-28-21(29-33)16-1-2-16/h9,15-17,20H,1-8,10-14H2. The summed E-state index contributed by atoms with van der Waals surface area (Å²) in [4.78, 5) is 28.0. The summed E-state index contributed by atoms with van der Waals surface area (Å²) in [5.74, 6) is 1.60. The Kier molecular flexibility index (Phi) is 5.00. The van der Waals surface area contributed by atoms with E-state index in [1.807, 2.05) is 16.1 Å². The molecule has 0 atom stereocenters. The number of nitrogens with zero attached hydrogens (tertiary/aromatic N) is 7. The summed E-state index contributed by atoms with van der Waals surface area (Å²) < 4.78 is 27.7. The van der Waals surface area contributed by atoms with Gasteiger partial charge in [0.2, 0.25) is 0 Å². The number of likely N-dealkylation sites (tertiary alicyclic amines) is 3. The van der Waals surface area contributed by atoms with Crippen LogP contribution in [-0.4, -0.2) is 79.7 Å². The van der Waals surface area contributed by atoms with Crippen LogP contribution in [0, 0.1) is 10.8 Å². The van der Waals surface area contributed by atoms with Crippen LogP contribution in [0.2, 0.25) is 0 Å². The van der Waals surface area contributed by atoms with Gasteiger partial charge in [-0.25, -0.2) is 28.2 Å². The summed E-state index contributed by atoms with van der Waals surface area (Å²) in [7, 11) is 0. The second kappa shape index (κ2) is 7.93. The highest BCUT2D eigenvalue weighted by Crippen LogP contribution is 2.54. The van der Waals surface area contributed by atoms with Gasteiger partial charge in [0.25, 0.3) is 6.43 Å². The summed E-state index contributed by atoms with van der Waals surface area (Å²) in [5.41, 5.74) is 0.527. The molecule has 7 rings (SSSR count). The Labute approximate surface area is 207 Å². The van der Waals surface area contributed by atoms with Crippen LogP contribution in [0.5, 0.6) is 0 Å². The summed E-state index contributed by atoms with van der Waals surface area (Å²) in [6, 6.07) is 0.641. The van der Waals surface area contributed by atoms with E-state index in [9.17, 15) is 13.6 Å². The molecule has 2 aliphatic carbocycles. The number of alkyl halides is 2. The van der Waals surface area contributed by atoms with E-state index in [2.05, 4.69) is 24.6 Å². The summed E-state index contributed by atoms with van der Waals surface area (Å²) in [6.45, 7) is 5.96. The van der Waals surface area contributed by atoms with E-state index in [-0.39, 0.29) is 16.3 Å². The minimum atomic E-state index is -2.44. The Morgan fingerprint density at radius 1 is 1.06 bits per heavy atom. The lowest BCUT2D eigenvalue weighted by atomic mass is 9.60. The second-order valence-electron chi connectivity index (χ2n) is 11.6. The largest absolute Gasteiger partial charge is 0.323 e. The predicted molar refractivity (Wildman–Crippen MR) is 125 cm³/mol. The van der Waals surface area contributed by atoms with Gasteiger partial charge in [0.05, 0.1) is 17.5 Å². The van der Waals surface area contributed by atoms with Gasteiger partial charge in [0, 0.05) is 49.1 Å². The van der Waals surface area contributed by atoms with Crippen molar-refractivity contribution in [2.45, 2.75) is 63.5 Å². The van der Waals surface area contributed by atoms with Gasteiger partial charge in [-0.2, -0.15) is 5.10 Å². The molecule has 0 aromatic carbocycles. The number of halogens is 2. The summed E-state index contributed by atoms with van der Waals surface area (Å²) in [5, 5.41) is 5.45. The van der Waals surface area contributed by atoms with Crippen LogP contribution >= 0.6 is 11.3 Å². The zero-order valence-electron chi connectivity index (χ0n) is 19.8. The molecule has 35 heavy (non-hydrogen) atoms. The Bertz CT molecular complexity index is 1100. The van der Waals surface area contributed by atoms with Crippen LogP contribution in [0.3, 0.4) is 0 Å². The maximum atomic E-state index is 13.0. The Morgan fingerprint density at radius 3 is 2.37 bits per heavy atom. The van der Waals surface area contributed by atoms with Crippen molar-refractivity contribution in [2.75, 3.05) is 39.3 Å². The van der Waals surface area contributed by atoms with Gasteiger partial charge in [0.1, 0.15) is 11.3 Å². The average Bonchev–Trinajstić information content (AvgIpc) is 3.31. The lowest BCUT2D eigenvalue weighted by Gasteiger charge is -2.61. The highest BCUT2D eigenvalue weighted by molar-refractivity contribution is 7.11. The van der Waals surface area contributed by atoms with Crippen molar-refractivity contribution in [3.05, 3.63) is 28.2 Å². The van der Waals surface area contributed by atoms with E-state index in [0.29, 0.717) is 23.9 Å². The van der Waals surface area contributed by atoms with Crippen molar-refractivity contribution >= 4 is 17.4 Å². The molecule has 2 amide bonds. The Balaban J connectivity index is 0.843. The van der Waals surface area contributed by atoms with Crippen LogP contribution in [0.25, 0.3) is 0 Å². The number of hydrogen-bond donors (Lipinski definition) is 0. The van der Waals surface area contributed by atoms with E-state index < -0.39 is 6.43 Å². The Hall–Kier alpha value is -2.14. The minimum Gasteiger partial charge on any atom is -0.323 e. The fourth-order valence-corrected chi connectivity index (χ4v) is 7.39. The van der Waals surface area contributed by atoms with Crippen molar-refractivity contribution in [3.8, 4) is 0 Å². The van der Waals surface area contributed by atoms with Crippen LogP contribution in [0.1, 0.15) is 72.6 Å². The third kappa shape index (κ3) is 3.94. The smallest absolute Gasteiger partial charge is 0.320 e. The van der Waals surface area contributed by atoms with E-state index in [1.54, 1.807) is 0 Å². The van der Waals surface area contributed by atoms with Gasteiger partial charge >= 0.3 is 6.03 Å². The first kappa shape index (κ1) is 22.1. The molecule has 0 radical (unpaired) electrons. The maximum absolute atomic E-state index is 13.0. The predicted octanol–water partition coefficient (Wildman–Crippen LogP) is 3.90. The van der Waals surface area contributed by atoms with Gasteiger partial charge < -0.3 is 9.80 Å². The maximum Gasteiger partial charge on any atom is 0.320 e. The number of piperidine rings is 1. The molecule has 0 unspecified atom stereocenters. The van der Waals surface area contributed by atoms with Gasteiger partial charge in [-0.3, -0.25) is 4.90 Å². The summed E-state index contributed by atoms with van der Waals surface area (Å²) in [6.07, 6.45) is 7.51. The molecule has 2 aromatic rings. The number of carbonyl (C=O) groups excluding carboxylic acids is 1. The zero-order chi connectivity index (χ0) is 23.8. The molecule has 0 N–H and O–H groups in total. The zero-order valence-corrected chi connectivity index (χ0v) is 20.6. The molecular formula is C24H31F2N7OS. The van der Waals surface area contributed by atoms with E-state index in [1.165, 1.54) is 19.0 Å².